The van der Waals surface area contributed by atoms with Crippen LogP contribution in [0.3, 0.4) is 0 Å². The van der Waals surface area contributed by atoms with Crippen LogP contribution in [0.25, 0.3) is 0 Å². The third-order valence-corrected chi connectivity index (χ3v) is 6.18. The maximum Gasteiger partial charge on any atom is 0.408 e. The van der Waals surface area contributed by atoms with Gasteiger partial charge in [0.05, 0.1) is 0 Å². The van der Waals surface area contributed by atoms with Crippen molar-refractivity contribution in [2.45, 2.75) is 77.5 Å². The zero-order chi connectivity index (χ0) is 24.2. The van der Waals surface area contributed by atoms with E-state index >= 15 is 0 Å². The minimum Gasteiger partial charge on any atom is -0.444 e. The fraction of sp³-hybridized carbons (Fsp3) is 0.640. The number of para-hydroxylation sites is 1. The summed E-state index contributed by atoms with van der Waals surface area (Å²) in [7, 11) is 0. The molecule has 2 aliphatic rings. The van der Waals surface area contributed by atoms with Crippen LogP contribution in [0, 0.1) is 5.92 Å². The third kappa shape index (κ3) is 6.25. The van der Waals surface area contributed by atoms with Gasteiger partial charge in [-0.25, -0.2) is 4.79 Å². The lowest BCUT2D eigenvalue weighted by atomic mass is 9.88. The van der Waals surface area contributed by atoms with E-state index in [9.17, 15) is 14.4 Å². The first-order valence-electron chi connectivity index (χ1n) is 11.8. The number of hydrogen-bond donors (Lipinski definition) is 2. The third-order valence-electron chi connectivity index (χ3n) is 6.18. The molecule has 2 heterocycles. The molecule has 0 radical (unpaired) electrons. The van der Waals surface area contributed by atoms with Crippen LogP contribution in [0.15, 0.2) is 24.3 Å². The number of nitrogens with one attached hydrogen (secondary N) is 2. The molecule has 0 saturated carbocycles. The highest BCUT2D eigenvalue weighted by molar-refractivity contribution is 5.97. The van der Waals surface area contributed by atoms with Crippen molar-refractivity contribution in [2.24, 2.45) is 5.92 Å². The average molecular weight is 460 g/mol. The number of carbonyl (C=O) groups excluding carboxylic acids is 3. The topological polar surface area (TPSA) is 97.0 Å². The number of hydrogen-bond acceptors (Lipinski definition) is 5. The average Bonchev–Trinajstić information content (AvgIpc) is 3.16. The normalized spacial score (nSPS) is 19.2. The molecule has 3 rings (SSSR count). The molecule has 1 aromatic rings. The highest BCUT2D eigenvalue weighted by Gasteiger charge is 2.43. The molecule has 0 bridgehead atoms. The summed E-state index contributed by atoms with van der Waals surface area (Å²) in [6.07, 6.45) is 1.47. The Bertz CT molecular complexity index is 873. The van der Waals surface area contributed by atoms with Crippen molar-refractivity contribution in [3.8, 4) is 0 Å². The molecule has 1 aromatic carbocycles. The van der Waals surface area contributed by atoms with Crippen molar-refractivity contribution < 1.29 is 23.9 Å². The van der Waals surface area contributed by atoms with E-state index in [1.165, 1.54) is 5.56 Å². The second kappa shape index (κ2) is 10.1. The van der Waals surface area contributed by atoms with Gasteiger partial charge in [-0.3, -0.25) is 9.59 Å². The first-order chi connectivity index (χ1) is 15.5. The van der Waals surface area contributed by atoms with Crippen molar-refractivity contribution in [2.75, 3.05) is 24.7 Å². The quantitative estimate of drug-likeness (QED) is 0.681. The number of nitrogens with zero attached hydrogens (tertiary/aromatic N) is 1. The summed E-state index contributed by atoms with van der Waals surface area (Å²) in [5.74, 6) is -0.458. The summed E-state index contributed by atoms with van der Waals surface area (Å²) in [6, 6.07) is 7.74. The maximum atomic E-state index is 13.3. The summed E-state index contributed by atoms with van der Waals surface area (Å²) in [5.41, 5.74) is 0.419. The number of carbonyl (C=O) groups is 3. The Kier molecular flexibility index (Phi) is 7.67. The highest BCUT2D eigenvalue weighted by atomic mass is 16.6. The van der Waals surface area contributed by atoms with Gasteiger partial charge in [-0.2, -0.15) is 0 Å². The molecule has 182 valence electrons. The van der Waals surface area contributed by atoms with Gasteiger partial charge in [0.1, 0.15) is 11.1 Å². The summed E-state index contributed by atoms with van der Waals surface area (Å²) < 4.78 is 10.8. The summed E-state index contributed by atoms with van der Waals surface area (Å²) in [6.45, 7) is 10.6. The molecule has 2 N–H and O–H groups in total. The minimum atomic E-state index is -1.09. The van der Waals surface area contributed by atoms with Crippen molar-refractivity contribution in [1.82, 2.24) is 10.6 Å². The molecule has 8 nitrogen and oxygen atoms in total. The van der Waals surface area contributed by atoms with Crippen molar-refractivity contribution in [3.05, 3.63) is 29.8 Å². The van der Waals surface area contributed by atoms with Gasteiger partial charge in [0, 0.05) is 50.2 Å². The first kappa shape index (κ1) is 25.0. The minimum absolute atomic E-state index is 0.0636. The second-order valence-electron chi connectivity index (χ2n) is 10.2. The summed E-state index contributed by atoms with van der Waals surface area (Å²) >= 11 is 0. The molecule has 3 amide bonds. The van der Waals surface area contributed by atoms with E-state index in [1.807, 2.05) is 36.9 Å². The Morgan fingerprint density at radius 1 is 1.15 bits per heavy atom. The van der Waals surface area contributed by atoms with E-state index in [0.29, 0.717) is 39.0 Å². The van der Waals surface area contributed by atoms with E-state index < -0.39 is 17.2 Å². The van der Waals surface area contributed by atoms with Gasteiger partial charge in [0.25, 0.3) is 0 Å². The number of anilines is 1. The van der Waals surface area contributed by atoms with E-state index in [1.54, 1.807) is 20.8 Å². The Balaban J connectivity index is 1.60. The lowest BCUT2D eigenvalue weighted by molar-refractivity contribution is -0.132. The highest BCUT2D eigenvalue weighted by Crippen LogP contribution is 2.29. The summed E-state index contributed by atoms with van der Waals surface area (Å²) in [5, 5.41) is 5.82. The van der Waals surface area contributed by atoms with E-state index in [2.05, 4.69) is 16.7 Å². The van der Waals surface area contributed by atoms with Crippen LogP contribution in [0.4, 0.5) is 10.5 Å². The van der Waals surface area contributed by atoms with Gasteiger partial charge in [-0.05, 0) is 52.2 Å². The fourth-order valence-electron chi connectivity index (χ4n) is 4.51. The van der Waals surface area contributed by atoms with Gasteiger partial charge in [0.2, 0.25) is 11.8 Å². The standard InChI is InChI=1S/C25H37N3O5/c1-17(21(29)28-13-10-19-8-6-7-9-20(19)28)16-18(2)26-22(30)25(11-14-32-15-12-25)27-23(31)33-24(3,4)5/h6-9,17-18H,10-16H2,1-5H3,(H,26,30)(H,27,31)/t17?,18-/m0/s1. The number of amides is 3. The van der Waals surface area contributed by atoms with Gasteiger partial charge in [-0.1, -0.05) is 25.1 Å². The SMILES string of the molecule is CC(C[C@H](C)NC(=O)C1(NC(=O)OC(C)(C)C)CCOCC1)C(=O)N1CCc2ccccc21. The molecule has 2 atom stereocenters. The van der Waals surface area contributed by atoms with E-state index in [4.69, 9.17) is 9.47 Å². The Morgan fingerprint density at radius 3 is 2.48 bits per heavy atom. The maximum absolute atomic E-state index is 13.3. The first-order valence-corrected chi connectivity index (χ1v) is 11.8. The number of ether oxygens (including phenoxy) is 2. The monoisotopic (exact) mass is 459 g/mol. The van der Waals surface area contributed by atoms with Crippen LogP contribution in [0.1, 0.15) is 59.4 Å². The zero-order valence-electron chi connectivity index (χ0n) is 20.4. The van der Waals surface area contributed by atoms with Crippen LogP contribution in [0.2, 0.25) is 0 Å². The number of rotatable bonds is 6. The lowest BCUT2D eigenvalue weighted by Gasteiger charge is -2.37. The Morgan fingerprint density at radius 2 is 1.82 bits per heavy atom. The molecule has 1 unspecified atom stereocenters. The molecule has 1 fully saturated rings. The van der Waals surface area contributed by atoms with Crippen molar-refractivity contribution in [3.63, 3.8) is 0 Å². The molecular formula is C25H37N3O5. The molecule has 33 heavy (non-hydrogen) atoms. The molecule has 8 heteroatoms. The molecular weight excluding hydrogens is 422 g/mol. The molecule has 0 aromatic heterocycles. The Labute approximate surface area is 196 Å². The molecule has 1 saturated heterocycles. The molecule has 0 spiro atoms. The number of alkyl carbamates (subject to hydrolysis) is 1. The zero-order valence-corrected chi connectivity index (χ0v) is 20.4. The Hall–Kier alpha value is -2.61. The molecule has 0 aliphatic carbocycles. The van der Waals surface area contributed by atoms with E-state index in [-0.39, 0.29) is 23.8 Å². The number of benzene rings is 1. The van der Waals surface area contributed by atoms with Crippen molar-refractivity contribution >= 4 is 23.6 Å². The van der Waals surface area contributed by atoms with Crippen LogP contribution < -0.4 is 15.5 Å². The fourth-order valence-corrected chi connectivity index (χ4v) is 4.51. The van der Waals surface area contributed by atoms with E-state index in [0.717, 1.165) is 12.1 Å². The van der Waals surface area contributed by atoms with Gasteiger partial charge in [-0.15, -0.1) is 0 Å². The van der Waals surface area contributed by atoms with Crippen LogP contribution in [-0.4, -0.2) is 54.8 Å². The van der Waals surface area contributed by atoms with Crippen LogP contribution in [0.5, 0.6) is 0 Å². The van der Waals surface area contributed by atoms with Gasteiger partial charge < -0.3 is 25.0 Å². The predicted molar refractivity (Wildman–Crippen MR) is 126 cm³/mol. The predicted octanol–water partition coefficient (Wildman–Crippen LogP) is 3.18. The van der Waals surface area contributed by atoms with Gasteiger partial charge in [0.15, 0.2) is 0 Å². The van der Waals surface area contributed by atoms with Gasteiger partial charge >= 0.3 is 6.09 Å². The van der Waals surface area contributed by atoms with Crippen LogP contribution in [-0.2, 0) is 25.5 Å². The smallest absolute Gasteiger partial charge is 0.408 e. The van der Waals surface area contributed by atoms with Crippen LogP contribution >= 0.6 is 0 Å². The van der Waals surface area contributed by atoms with Crippen molar-refractivity contribution in [1.29, 1.82) is 0 Å². The molecule has 2 aliphatic heterocycles. The number of fused-ring (bicyclic) bond motifs is 1. The lowest BCUT2D eigenvalue weighted by Crippen LogP contribution is -2.63. The summed E-state index contributed by atoms with van der Waals surface area (Å²) in [4.78, 5) is 40.6. The second-order valence-corrected chi connectivity index (χ2v) is 10.2. The largest absolute Gasteiger partial charge is 0.444 e.